The van der Waals surface area contributed by atoms with Gasteiger partial charge in [0.05, 0.1) is 25.3 Å². The van der Waals surface area contributed by atoms with Gasteiger partial charge >= 0.3 is 0 Å². The van der Waals surface area contributed by atoms with Crippen molar-refractivity contribution >= 4 is 17.2 Å². The number of morpholine rings is 1. The van der Waals surface area contributed by atoms with Crippen LogP contribution in [0.25, 0.3) is 10.6 Å². The number of carbonyl (C=O) groups is 1. The first-order chi connectivity index (χ1) is 17.7. The van der Waals surface area contributed by atoms with Gasteiger partial charge in [-0.15, -0.1) is 11.3 Å². The molecule has 2 heterocycles. The van der Waals surface area contributed by atoms with Crippen molar-refractivity contribution in [1.82, 2.24) is 14.8 Å². The number of hydrogen-bond acceptors (Lipinski definition) is 5. The molecule has 1 amide bonds. The van der Waals surface area contributed by atoms with E-state index < -0.39 is 0 Å². The topological polar surface area (TPSA) is 45.7 Å². The summed E-state index contributed by atoms with van der Waals surface area (Å²) in [6.07, 6.45) is 0.295. The van der Waals surface area contributed by atoms with Crippen molar-refractivity contribution in [2.45, 2.75) is 26.1 Å². The fourth-order valence-electron chi connectivity index (χ4n) is 4.45. The summed E-state index contributed by atoms with van der Waals surface area (Å²) in [5.41, 5.74) is 5.45. The molecule has 4 aromatic rings. The molecule has 1 saturated heterocycles. The van der Waals surface area contributed by atoms with Gasteiger partial charge in [-0.05, 0) is 22.8 Å². The molecule has 0 atom stereocenters. The average Bonchev–Trinajstić information content (AvgIpc) is 3.39. The molecule has 1 fully saturated rings. The molecule has 36 heavy (non-hydrogen) atoms. The summed E-state index contributed by atoms with van der Waals surface area (Å²) >= 11 is 1.60. The van der Waals surface area contributed by atoms with Crippen LogP contribution in [-0.2, 0) is 35.6 Å². The number of hydrogen-bond donors (Lipinski definition) is 0. The SMILES string of the molecule is O=C(Cc1csc(-c2cccc(CN3CCOCC3)c2)n1)N(Cc1ccccc1)Cc1ccccc1. The molecule has 0 aliphatic carbocycles. The van der Waals surface area contributed by atoms with Crippen LogP contribution in [0, 0.1) is 0 Å². The van der Waals surface area contributed by atoms with E-state index in [1.165, 1.54) is 5.56 Å². The molecule has 3 aromatic carbocycles. The lowest BCUT2D eigenvalue weighted by molar-refractivity contribution is -0.131. The Kier molecular flexibility index (Phi) is 8.18. The lowest BCUT2D eigenvalue weighted by atomic mass is 10.1. The van der Waals surface area contributed by atoms with Crippen LogP contribution in [-0.4, -0.2) is 47.0 Å². The van der Waals surface area contributed by atoms with Crippen molar-refractivity contribution in [2.24, 2.45) is 0 Å². The summed E-state index contributed by atoms with van der Waals surface area (Å²) in [6, 6.07) is 28.9. The summed E-state index contributed by atoms with van der Waals surface area (Å²) in [5.74, 6) is 0.0839. The zero-order chi connectivity index (χ0) is 24.6. The highest BCUT2D eigenvalue weighted by Gasteiger charge is 2.18. The molecule has 184 valence electrons. The Balaban J connectivity index is 1.27. The maximum Gasteiger partial charge on any atom is 0.229 e. The molecule has 6 heteroatoms. The van der Waals surface area contributed by atoms with Crippen LogP contribution in [0.15, 0.2) is 90.3 Å². The van der Waals surface area contributed by atoms with E-state index in [0.29, 0.717) is 19.5 Å². The predicted molar refractivity (Wildman–Crippen MR) is 144 cm³/mol. The van der Waals surface area contributed by atoms with Gasteiger partial charge < -0.3 is 9.64 Å². The van der Waals surface area contributed by atoms with Crippen molar-refractivity contribution in [3.05, 3.63) is 113 Å². The minimum absolute atomic E-state index is 0.0839. The number of amides is 1. The Morgan fingerprint density at radius 2 is 1.50 bits per heavy atom. The van der Waals surface area contributed by atoms with Gasteiger partial charge in [-0.25, -0.2) is 4.98 Å². The summed E-state index contributed by atoms with van der Waals surface area (Å²) in [7, 11) is 0. The first-order valence-electron chi connectivity index (χ1n) is 12.4. The monoisotopic (exact) mass is 497 g/mol. The van der Waals surface area contributed by atoms with E-state index >= 15 is 0 Å². The van der Waals surface area contributed by atoms with Gasteiger partial charge in [0, 0.05) is 43.7 Å². The van der Waals surface area contributed by atoms with E-state index in [1.54, 1.807) is 11.3 Å². The number of nitrogens with zero attached hydrogens (tertiary/aromatic N) is 3. The maximum atomic E-state index is 13.4. The second kappa shape index (κ2) is 12.1. The normalized spacial score (nSPS) is 14.0. The molecular weight excluding hydrogens is 466 g/mol. The van der Waals surface area contributed by atoms with Crippen molar-refractivity contribution in [1.29, 1.82) is 0 Å². The van der Waals surface area contributed by atoms with Gasteiger partial charge in [-0.3, -0.25) is 9.69 Å². The zero-order valence-corrected chi connectivity index (χ0v) is 21.2. The van der Waals surface area contributed by atoms with Crippen molar-refractivity contribution in [3.63, 3.8) is 0 Å². The molecular formula is C30H31N3O2S. The van der Waals surface area contributed by atoms with Crippen LogP contribution in [0.3, 0.4) is 0 Å². The van der Waals surface area contributed by atoms with E-state index in [-0.39, 0.29) is 5.91 Å². The van der Waals surface area contributed by atoms with E-state index in [9.17, 15) is 4.79 Å². The molecule has 1 aliphatic rings. The largest absolute Gasteiger partial charge is 0.379 e. The number of carbonyl (C=O) groups excluding carboxylic acids is 1. The zero-order valence-electron chi connectivity index (χ0n) is 20.4. The lowest BCUT2D eigenvalue weighted by Gasteiger charge is -2.26. The van der Waals surface area contributed by atoms with Crippen LogP contribution in [0.5, 0.6) is 0 Å². The minimum Gasteiger partial charge on any atom is -0.379 e. The second-order valence-corrected chi connectivity index (χ2v) is 9.99. The fourth-order valence-corrected chi connectivity index (χ4v) is 5.26. The Bertz CT molecular complexity index is 1210. The summed E-state index contributed by atoms with van der Waals surface area (Å²) in [6.45, 7) is 5.61. The highest BCUT2D eigenvalue weighted by molar-refractivity contribution is 7.13. The molecule has 0 unspecified atom stereocenters. The van der Waals surface area contributed by atoms with Crippen LogP contribution in [0.1, 0.15) is 22.4 Å². The van der Waals surface area contributed by atoms with Crippen molar-refractivity contribution in [2.75, 3.05) is 26.3 Å². The standard InChI is InChI=1S/C30H31N3O2S/c34-29(33(21-24-8-3-1-4-9-24)22-25-10-5-2-6-11-25)19-28-23-36-30(31-28)27-13-7-12-26(18-27)20-32-14-16-35-17-15-32/h1-13,18,23H,14-17,19-22H2. The molecule has 0 saturated carbocycles. The summed E-state index contributed by atoms with van der Waals surface area (Å²) < 4.78 is 5.47. The second-order valence-electron chi connectivity index (χ2n) is 9.13. The van der Waals surface area contributed by atoms with E-state index in [1.807, 2.05) is 46.7 Å². The van der Waals surface area contributed by atoms with Gasteiger partial charge in [0.25, 0.3) is 0 Å². The number of benzene rings is 3. The Labute approximate surface area is 217 Å². The van der Waals surface area contributed by atoms with Gasteiger partial charge in [-0.2, -0.15) is 0 Å². The van der Waals surface area contributed by atoms with Crippen LogP contribution < -0.4 is 0 Å². The highest BCUT2D eigenvalue weighted by atomic mass is 32.1. The van der Waals surface area contributed by atoms with Crippen LogP contribution in [0.4, 0.5) is 0 Å². The molecule has 5 nitrogen and oxygen atoms in total. The molecule has 1 aromatic heterocycles. The first-order valence-corrected chi connectivity index (χ1v) is 13.3. The van der Waals surface area contributed by atoms with Crippen LogP contribution >= 0.6 is 11.3 Å². The van der Waals surface area contributed by atoms with Gasteiger partial charge in [0.15, 0.2) is 0 Å². The van der Waals surface area contributed by atoms with E-state index in [4.69, 9.17) is 9.72 Å². The number of aromatic nitrogens is 1. The quantitative estimate of drug-likeness (QED) is 0.310. The van der Waals surface area contributed by atoms with E-state index in [0.717, 1.165) is 60.2 Å². The molecule has 0 spiro atoms. The van der Waals surface area contributed by atoms with Gasteiger partial charge in [0.2, 0.25) is 5.91 Å². The number of rotatable bonds is 9. The van der Waals surface area contributed by atoms with Gasteiger partial charge in [-0.1, -0.05) is 78.9 Å². The van der Waals surface area contributed by atoms with E-state index in [2.05, 4.69) is 53.4 Å². The third-order valence-corrected chi connectivity index (χ3v) is 7.29. The van der Waals surface area contributed by atoms with Crippen LogP contribution in [0.2, 0.25) is 0 Å². The number of thiazole rings is 1. The Morgan fingerprint density at radius 1 is 0.861 bits per heavy atom. The smallest absolute Gasteiger partial charge is 0.229 e. The molecule has 0 N–H and O–H groups in total. The summed E-state index contributed by atoms with van der Waals surface area (Å²) in [4.78, 5) is 22.6. The lowest BCUT2D eigenvalue weighted by Crippen LogP contribution is -2.35. The third-order valence-electron chi connectivity index (χ3n) is 6.35. The maximum absolute atomic E-state index is 13.4. The molecule has 1 aliphatic heterocycles. The van der Waals surface area contributed by atoms with Crippen molar-refractivity contribution in [3.8, 4) is 10.6 Å². The Morgan fingerprint density at radius 3 is 2.17 bits per heavy atom. The molecule has 0 bridgehead atoms. The Hall–Kier alpha value is -3.32. The fraction of sp³-hybridized carbons (Fsp3) is 0.267. The highest BCUT2D eigenvalue weighted by Crippen LogP contribution is 2.26. The molecule has 0 radical (unpaired) electrons. The first kappa shape index (κ1) is 24.4. The third kappa shape index (κ3) is 6.66. The average molecular weight is 498 g/mol. The summed E-state index contributed by atoms with van der Waals surface area (Å²) in [5, 5.41) is 2.98. The minimum atomic E-state index is 0.0839. The van der Waals surface area contributed by atoms with Crippen molar-refractivity contribution < 1.29 is 9.53 Å². The predicted octanol–water partition coefficient (Wildman–Crippen LogP) is 5.41. The van der Waals surface area contributed by atoms with Gasteiger partial charge in [0.1, 0.15) is 5.01 Å². The number of ether oxygens (including phenoxy) is 1. The molecule has 5 rings (SSSR count).